The first-order valence-electron chi connectivity index (χ1n) is 19.5. The molecule has 0 saturated carbocycles. The van der Waals surface area contributed by atoms with Crippen LogP contribution in [-0.4, -0.2) is 78.5 Å². The number of amides is 2. The lowest BCUT2D eigenvalue weighted by atomic mass is 9.90. The number of nitrogens with one attached hydrogen (secondary N) is 3. The molecule has 0 radical (unpaired) electrons. The van der Waals surface area contributed by atoms with Gasteiger partial charge in [0.25, 0.3) is 0 Å². The third kappa shape index (κ3) is 9.72. The number of halogens is 4. The van der Waals surface area contributed by atoms with Crippen molar-refractivity contribution in [2.45, 2.75) is 88.2 Å². The summed E-state index contributed by atoms with van der Waals surface area (Å²) in [6, 6.07) is 11.4. The SMILES string of the molecule is Cc1cc(SNC2CCN(CC3CCN(c4ccc(C5CCC(=O)NC5=O)cc4F)CC3)CC2)ccc1Nc1ncc(C(F)(F)F)c(N2CCCC(C)C2)n1. The van der Waals surface area contributed by atoms with Crippen LogP contribution in [0, 0.1) is 24.6 Å². The molecule has 4 saturated heterocycles. The van der Waals surface area contributed by atoms with Crippen molar-refractivity contribution < 1.29 is 27.2 Å². The van der Waals surface area contributed by atoms with Gasteiger partial charge in [0.05, 0.1) is 11.6 Å². The first-order chi connectivity index (χ1) is 26.4. The van der Waals surface area contributed by atoms with E-state index in [0.717, 1.165) is 93.6 Å². The number of rotatable bonds is 10. The molecule has 5 heterocycles. The van der Waals surface area contributed by atoms with Crippen LogP contribution in [0.3, 0.4) is 0 Å². The van der Waals surface area contributed by atoms with Crippen LogP contribution < -0.4 is 25.2 Å². The summed E-state index contributed by atoms with van der Waals surface area (Å²) in [6.07, 6.45) is 2.92. The fourth-order valence-corrected chi connectivity index (χ4v) is 9.24. The Balaban J connectivity index is 0.848. The smallest absolute Gasteiger partial charge is 0.369 e. The van der Waals surface area contributed by atoms with Gasteiger partial charge in [-0.3, -0.25) is 19.6 Å². The molecule has 1 aromatic heterocycles. The summed E-state index contributed by atoms with van der Waals surface area (Å²) >= 11 is 1.60. The van der Waals surface area contributed by atoms with Crippen molar-refractivity contribution in [1.82, 2.24) is 24.9 Å². The zero-order valence-corrected chi connectivity index (χ0v) is 32.2. The molecule has 15 heteroatoms. The maximum absolute atomic E-state index is 15.2. The Morgan fingerprint density at radius 2 is 1.73 bits per heavy atom. The van der Waals surface area contributed by atoms with Crippen LogP contribution >= 0.6 is 11.9 Å². The van der Waals surface area contributed by atoms with Crippen molar-refractivity contribution >= 4 is 46.9 Å². The van der Waals surface area contributed by atoms with Gasteiger partial charge >= 0.3 is 6.18 Å². The number of nitrogens with zero attached hydrogens (tertiary/aromatic N) is 5. The molecule has 2 aromatic carbocycles. The van der Waals surface area contributed by atoms with E-state index in [2.05, 4.69) is 48.1 Å². The minimum Gasteiger partial charge on any atom is -0.369 e. The molecular weight excluding hydrogens is 733 g/mol. The van der Waals surface area contributed by atoms with Gasteiger partial charge < -0.3 is 20.0 Å². The number of benzene rings is 2. The highest BCUT2D eigenvalue weighted by Gasteiger charge is 2.38. The molecule has 3 N–H and O–H groups in total. The number of alkyl halides is 3. The maximum atomic E-state index is 15.2. The van der Waals surface area contributed by atoms with Gasteiger partial charge in [-0.1, -0.05) is 13.0 Å². The number of piperidine rings is 4. The first-order valence-corrected chi connectivity index (χ1v) is 20.3. The molecule has 4 aliphatic rings. The third-order valence-electron chi connectivity index (χ3n) is 11.5. The minimum absolute atomic E-state index is 0.0635. The van der Waals surface area contributed by atoms with Gasteiger partial charge in [0.2, 0.25) is 17.8 Å². The van der Waals surface area contributed by atoms with Crippen LogP contribution in [-0.2, 0) is 15.8 Å². The molecule has 296 valence electrons. The number of carbonyl (C=O) groups excluding carboxylic acids is 2. The molecule has 4 fully saturated rings. The van der Waals surface area contributed by atoms with Gasteiger partial charge in [-0.15, -0.1) is 0 Å². The lowest BCUT2D eigenvalue weighted by Gasteiger charge is -2.38. The van der Waals surface area contributed by atoms with Gasteiger partial charge in [0, 0.05) is 62.0 Å². The van der Waals surface area contributed by atoms with E-state index in [1.54, 1.807) is 22.9 Å². The summed E-state index contributed by atoms with van der Waals surface area (Å²) in [5.74, 6) is -0.503. The van der Waals surface area contributed by atoms with Crippen molar-refractivity contribution in [2.24, 2.45) is 11.8 Å². The third-order valence-corrected chi connectivity index (χ3v) is 12.4. The van der Waals surface area contributed by atoms with Gasteiger partial charge in [-0.05, 0) is 130 Å². The van der Waals surface area contributed by atoms with Gasteiger partial charge in [0.1, 0.15) is 17.2 Å². The summed E-state index contributed by atoms with van der Waals surface area (Å²) in [6.45, 7) is 9.74. The summed E-state index contributed by atoms with van der Waals surface area (Å²) in [5.41, 5.74) is 2.07. The molecule has 0 spiro atoms. The average Bonchev–Trinajstić information content (AvgIpc) is 3.15. The van der Waals surface area contributed by atoms with Crippen LogP contribution in [0.15, 0.2) is 47.5 Å². The zero-order valence-electron chi connectivity index (χ0n) is 31.4. The molecule has 2 atom stereocenters. The predicted molar refractivity (Wildman–Crippen MR) is 207 cm³/mol. The van der Waals surface area contributed by atoms with E-state index in [1.165, 1.54) is 6.07 Å². The number of imide groups is 1. The van der Waals surface area contributed by atoms with Crippen LogP contribution in [0.2, 0.25) is 0 Å². The van der Waals surface area contributed by atoms with E-state index in [4.69, 9.17) is 0 Å². The Morgan fingerprint density at radius 3 is 2.42 bits per heavy atom. The predicted octanol–water partition coefficient (Wildman–Crippen LogP) is 7.42. The Kier molecular flexibility index (Phi) is 12.2. The van der Waals surface area contributed by atoms with Crippen LogP contribution in [0.5, 0.6) is 0 Å². The number of hydrogen-bond acceptors (Lipinski definition) is 10. The van der Waals surface area contributed by atoms with Gasteiger partial charge in [0.15, 0.2) is 0 Å². The molecule has 7 rings (SSSR count). The van der Waals surface area contributed by atoms with E-state index < -0.39 is 17.7 Å². The summed E-state index contributed by atoms with van der Waals surface area (Å²) in [7, 11) is 0. The Labute approximate surface area is 324 Å². The summed E-state index contributed by atoms with van der Waals surface area (Å²) < 4.78 is 60.4. The van der Waals surface area contributed by atoms with Crippen LogP contribution in [0.25, 0.3) is 0 Å². The van der Waals surface area contributed by atoms with Crippen LogP contribution in [0.4, 0.5) is 40.7 Å². The number of carbonyl (C=O) groups is 2. The molecule has 3 aromatic rings. The first kappa shape index (κ1) is 39.3. The topological polar surface area (TPSA) is 106 Å². The van der Waals surface area contributed by atoms with Crippen molar-refractivity contribution in [3.8, 4) is 0 Å². The van der Waals surface area contributed by atoms with Crippen LogP contribution in [0.1, 0.15) is 80.9 Å². The number of hydrogen-bond donors (Lipinski definition) is 3. The van der Waals surface area contributed by atoms with E-state index in [0.29, 0.717) is 48.6 Å². The second kappa shape index (κ2) is 17.0. The normalized spacial score (nSPS) is 22.2. The van der Waals surface area contributed by atoms with Gasteiger partial charge in [-0.2, -0.15) is 18.2 Å². The van der Waals surface area contributed by atoms with E-state index in [1.807, 2.05) is 25.1 Å². The lowest BCUT2D eigenvalue weighted by molar-refractivity contribution is -0.138. The molecule has 0 bridgehead atoms. The average molecular weight is 783 g/mol. The number of aromatic nitrogens is 2. The summed E-state index contributed by atoms with van der Waals surface area (Å²) in [5, 5.41) is 5.50. The Hall–Kier alpha value is -3.95. The fraction of sp³-hybridized carbons (Fsp3) is 0.550. The number of anilines is 4. The molecule has 4 aliphatic heterocycles. The van der Waals surface area contributed by atoms with E-state index in [-0.39, 0.29) is 35.8 Å². The molecule has 10 nitrogen and oxygen atoms in total. The highest BCUT2D eigenvalue weighted by atomic mass is 32.2. The van der Waals surface area contributed by atoms with Gasteiger partial charge in [-0.25, -0.2) is 9.37 Å². The molecule has 55 heavy (non-hydrogen) atoms. The lowest BCUT2D eigenvalue weighted by Crippen LogP contribution is -2.44. The maximum Gasteiger partial charge on any atom is 0.421 e. The highest BCUT2D eigenvalue weighted by Crippen LogP contribution is 2.38. The zero-order chi connectivity index (χ0) is 38.7. The molecule has 0 aliphatic carbocycles. The van der Waals surface area contributed by atoms with Crippen molar-refractivity contribution in [1.29, 1.82) is 0 Å². The van der Waals surface area contributed by atoms with E-state index in [9.17, 15) is 22.8 Å². The second-order valence-electron chi connectivity index (χ2n) is 15.7. The fourth-order valence-electron chi connectivity index (χ4n) is 8.33. The van der Waals surface area contributed by atoms with E-state index >= 15 is 4.39 Å². The Morgan fingerprint density at radius 1 is 0.945 bits per heavy atom. The number of likely N-dealkylation sites (tertiary alicyclic amines) is 1. The Bertz CT molecular complexity index is 1850. The standard InChI is InChI=1S/C40H50F4N8O2S/c1-25-4-3-15-52(23-25)37-32(40(42,43)44)22-45-39(48-37)46-34-8-6-30(20-26(34)2)55-49-29-13-16-50(17-14-29)24-27-11-18-51(19-12-27)35-9-5-28(21-33(35)41)31-7-10-36(53)47-38(31)54/h5-6,8-9,20-22,25,27,29,31,49H,3-4,7,10-19,23-24H2,1-2H3,(H,45,46,48)(H,47,53,54). The molecule has 2 amide bonds. The highest BCUT2D eigenvalue weighted by molar-refractivity contribution is 7.97. The van der Waals surface area contributed by atoms with Crippen molar-refractivity contribution in [3.63, 3.8) is 0 Å². The summed E-state index contributed by atoms with van der Waals surface area (Å²) in [4.78, 5) is 39.6. The monoisotopic (exact) mass is 782 g/mol. The minimum atomic E-state index is -4.53. The molecule has 2 unspecified atom stereocenters. The largest absolute Gasteiger partial charge is 0.421 e. The van der Waals surface area contributed by atoms with Crippen molar-refractivity contribution in [2.75, 3.05) is 60.9 Å². The quantitative estimate of drug-likeness (QED) is 0.109. The molecular formula is C40H50F4N8O2S. The van der Waals surface area contributed by atoms with Crippen molar-refractivity contribution in [3.05, 3.63) is 65.1 Å². The number of aryl methyl sites for hydroxylation is 1. The second-order valence-corrected chi connectivity index (χ2v) is 16.6.